The van der Waals surface area contributed by atoms with E-state index < -0.39 is 0 Å². The van der Waals surface area contributed by atoms with Crippen LogP contribution in [0.3, 0.4) is 0 Å². The molecule has 7 heteroatoms. The molecule has 1 N–H and O–H groups in total. The number of nitrogens with zero attached hydrogens (tertiary/aromatic N) is 3. The summed E-state index contributed by atoms with van der Waals surface area (Å²) in [6.45, 7) is 3.09. The van der Waals surface area contributed by atoms with Gasteiger partial charge in [-0.15, -0.1) is 10.2 Å². The van der Waals surface area contributed by atoms with Crippen molar-refractivity contribution in [3.05, 3.63) is 77.4 Å². The number of hydrogen-bond acceptors (Lipinski definition) is 4. The number of aryl methyl sites for hydroxylation is 1. The van der Waals surface area contributed by atoms with Crippen molar-refractivity contribution in [3.63, 3.8) is 0 Å². The fourth-order valence-electron chi connectivity index (χ4n) is 2.59. The molecule has 0 aliphatic rings. The lowest BCUT2D eigenvalue weighted by molar-refractivity contribution is -0.118. The fourth-order valence-corrected chi connectivity index (χ4v) is 3.41. The number of thioether (sulfide) groups is 1. The third kappa shape index (κ3) is 5.65. The van der Waals surface area contributed by atoms with Crippen LogP contribution >= 0.6 is 11.8 Å². The van der Waals surface area contributed by atoms with Gasteiger partial charge in [0, 0.05) is 6.54 Å². The van der Waals surface area contributed by atoms with Crippen LogP contribution in [0.1, 0.15) is 17.0 Å². The van der Waals surface area contributed by atoms with Gasteiger partial charge in [-0.2, -0.15) is 0 Å². The topological polar surface area (TPSA) is 59.8 Å². The van der Waals surface area contributed by atoms with Gasteiger partial charge < -0.3 is 9.88 Å². The van der Waals surface area contributed by atoms with Gasteiger partial charge in [0.05, 0.1) is 12.3 Å². The molecule has 140 valence electrons. The van der Waals surface area contributed by atoms with Gasteiger partial charge in [0.15, 0.2) is 5.16 Å². The lowest BCUT2D eigenvalue weighted by Gasteiger charge is -2.09. The van der Waals surface area contributed by atoms with E-state index in [1.165, 1.54) is 23.9 Å². The van der Waals surface area contributed by atoms with E-state index in [1.54, 1.807) is 12.1 Å². The van der Waals surface area contributed by atoms with Crippen LogP contribution in [0, 0.1) is 12.7 Å². The first kappa shape index (κ1) is 19.1. The molecule has 0 saturated carbocycles. The van der Waals surface area contributed by atoms with Crippen molar-refractivity contribution in [3.8, 4) is 0 Å². The number of benzene rings is 2. The molecule has 0 bridgehead atoms. The highest BCUT2D eigenvalue weighted by Gasteiger charge is 2.12. The van der Waals surface area contributed by atoms with Crippen molar-refractivity contribution in [1.29, 1.82) is 0 Å². The highest BCUT2D eigenvalue weighted by Crippen LogP contribution is 2.18. The molecule has 3 aromatic rings. The Morgan fingerprint density at radius 2 is 1.81 bits per heavy atom. The second-order valence-corrected chi connectivity index (χ2v) is 7.06. The van der Waals surface area contributed by atoms with Gasteiger partial charge in [-0.05, 0) is 36.6 Å². The minimum atomic E-state index is -0.255. The van der Waals surface area contributed by atoms with Crippen LogP contribution < -0.4 is 5.32 Å². The quantitative estimate of drug-likeness (QED) is 0.606. The number of carbonyl (C=O) groups is 1. The average molecular weight is 384 g/mol. The van der Waals surface area contributed by atoms with Crippen molar-refractivity contribution in [2.24, 2.45) is 0 Å². The van der Waals surface area contributed by atoms with Crippen molar-refractivity contribution in [1.82, 2.24) is 20.1 Å². The number of aromatic nitrogens is 3. The molecule has 0 atom stereocenters. The standard InChI is InChI=1S/C20H21FN4OS/c1-15-23-24-20(25(15)13-17-5-3-2-4-6-17)27-14-19(26)22-12-11-16-7-9-18(21)10-8-16/h2-10H,11-14H2,1H3,(H,22,26). The molecule has 27 heavy (non-hydrogen) atoms. The van der Waals surface area contributed by atoms with Crippen molar-refractivity contribution in [2.45, 2.75) is 25.0 Å². The highest BCUT2D eigenvalue weighted by atomic mass is 32.2. The maximum absolute atomic E-state index is 12.9. The van der Waals surface area contributed by atoms with E-state index in [0.717, 1.165) is 22.1 Å². The van der Waals surface area contributed by atoms with Crippen LogP contribution in [-0.2, 0) is 17.8 Å². The summed E-state index contributed by atoms with van der Waals surface area (Å²) < 4.78 is 14.9. The summed E-state index contributed by atoms with van der Waals surface area (Å²) >= 11 is 1.37. The number of halogens is 1. The SMILES string of the molecule is Cc1nnc(SCC(=O)NCCc2ccc(F)cc2)n1Cc1ccccc1. The van der Waals surface area contributed by atoms with Crippen LogP contribution in [0.4, 0.5) is 4.39 Å². The van der Waals surface area contributed by atoms with Crippen LogP contribution in [0.15, 0.2) is 59.8 Å². The molecular weight excluding hydrogens is 363 g/mol. The van der Waals surface area contributed by atoms with E-state index in [2.05, 4.69) is 27.6 Å². The normalized spacial score (nSPS) is 10.7. The largest absolute Gasteiger partial charge is 0.355 e. The molecule has 3 rings (SSSR count). The Bertz CT molecular complexity index is 881. The molecule has 1 heterocycles. The number of rotatable bonds is 8. The lowest BCUT2D eigenvalue weighted by atomic mass is 10.1. The Balaban J connectivity index is 1.48. The molecule has 0 spiro atoms. The summed E-state index contributed by atoms with van der Waals surface area (Å²) in [4.78, 5) is 12.1. The molecule has 1 amide bonds. The van der Waals surface area contributed by atoms with E-state index in [4.69, 9.17) is 0 Å². The van der Waals surface area contributed by atoms with Crippen LogP contribution in [-0.4, -0.2) is 33.0 Å². The summed E-state index contributed by atoms with van der Waals surface area (Å²) in [6.07, 6.45) is 0.667. The van der Waals surface area contributed by atoms with Gasteiger partial charge in [-0.25, -0.2) is 4.39 Å². The van der Waals surface area contributed by atoms with Crippen LogP contribution in [0.25, 0.3) is 0 Å². The van der Waals surface area contributed by atoms with E-state index in [9.17, 15) is 9.18 Å². The summed E-state index contributed by atoms with van der Waals surface area (Å²) in [6, 6.07) is 16.4. The Morgan fingerprint density at radius 3 is 2.56 bits per heavy atom. The van der Waals surface area contributed by atoms with Crippen molar-refractivity contribution >= 4 is 17.7 Å². The van der Waals surface area contributed by atoms with Crippen molar-refractivity contribution < 1.29 is 9.18 Å². The van der Waals surface area contributed by atoms with Crippen LogP contribution in [0.2, 0.25) is 0 Å². The second-order valence-electron chi connectivity index (χ2n) is 6.12. The summed E-state index contributed by atoms with van der Waals surface area (Å²) in [7, 11) is 0. The second kappa shape index (κ2) is 9.32. The number of carbonyl (C=O) groups excluding carboxylic acids is 1. The van der Waals surface area contributed by atoms with Gasteiger partial charge in [0.25, 0.3) is 0 Å². The maximum Gasteiger partial charge on any atom is 0.230 e. The van der Waals surface area contributed by atoms with Gasteiger partial charge in [0.2, 0.25) is 5.91 Å². The highest BCUT2D eigenvalue weighted by molar-refractivity contribution is 7.99. The Labute approximate surface area is 162 Å². The maximum atomic E-state index is 12.9. The zero-order valence-electron chi connectivity index (χ0n) is 15.1. The predicted molar refractivity (Wildman–Crippen MR) is 104 cm³/mol. The molecule has 0 aliphatic heterocycles. The zero-order chi connectivity index (χ0) is 19.1. The minimum Gasteiger partial charge on any atom is -0.355 e. The molecule has 0 saturated heterocycles. The van der Waals surface area contributed by atoms with E-state index >= 15 is 0 Å². The van der Waals surface area contributed by atoms with E-state index in [1.807, 2.05) is 29.7 Å². The van der Waals surface area contributed by atoms with Gasteiger partial charge in [-0.3, -0.25) is 4.79 Å². The Kier molecular flexibility index (Phi) is 6.59. The fraction of sp³-hybridized carbons (Fsp3) is 0.250. The smallest absolute Gasteiger partial charge is 0.230 e. The first-order valence-electron chi connectivity index (χ1n) is 8.69. The molecule has 0 radical (unpaired) electrons. The first-order chi connectivity index (χ1) is 13.1. The van der Waals surface area contributed by atoms with Crippen molar-refractivity contribution in [2.75, 3.05) is 12.3 Å². The summed E-state index contributed by atoms with van der Waals surface area (Å²) in [5, 5.41) is 11.9. The molecule has 2 aromatic carbocycles. The predicted octanol–water partition coefficient (Wildman–Crippen LogP) is 3.22. The summed E-state index contributed by atoms with van der Waals surface area (Å²) in [5.41, 5.74) is 2.15. The molecule has 0 unspecified atom stereocenters. The lowest BCUT2D eigenvalue weighted by Crippen LogP contribution is -2.27. The molecule has 5 nitrogen and oxygen atoms in total. The van der Waals surface area contributed by atoms with Gasteiger partial charge >= 0.3 is 0 Å². The van der Waals surface area contributed by atoms with E-state index in [-0.39, 0.29) is 17.5 Å². The first-order valence-corrected chi connectivity index (χ1v) is 9.68. The third-order valence-electron chi connectivity index (χ3n) is 4.07. The Hall–Kier alpha value is -2.67. The minimum absolute atomic E-state index is 0.0611. The zero-order valence-corrected chi connectivity index (χ0v) is 15.9. The van der Waals surface area contributed by atoms with E-state index in [0.29, 0.717) is 19.5 Å². The number of nitrogens with one attached hydrogen (secondary N) is 1. The third-order valence-corrected chi connectivity index (χ3v) is 5.03. The van der Waals surface area contributed by atoms with Gasteiger partial charge in [0.1, 0.15) is 11.6 Å². The molecular formula is C20H21FN4OS. The molecule has 0 aliphatic carbocycles. The molecule has 0 fully saturated rings. The molecule has 1 aromatic heterocycles. The monoisotopic (exact) mass is 384 g/mol. The average Bonchev–Trinajstić information content (AvgIpc) is 3.02. The number of hydrogen-bond donors (Lipinski definition) is 1. The van der Waals surface area contributed by atoms with Gasteiger partial charge in [-0.1, -0.05) is 54.2 Å². The summed E-state index contributed by atoms with van der Waals surface area (Å²) in [5.74, 6) is 0.775. The Morgan fingerprint density at radius 1 is 1.07 bits per heavy atom. The number of amides is 1. The van der Waals surface area contributed by atoms with Crippen LogP contribution in [0.5, 0.6) is 0 Å².